The zero-order chi connectivity index (χ0) is 12.4. The van der Waals surface area contributed by atoms with Crippen LogP contribution < -0.4 is 16.0 Å². The summed E-state index contributed by atoms with van der Waals surface area (Å²) < 4.78 is 5.29. The van der Waals surface area contributed by atoms with Crippen molar-refractivity contribution in [3.05, 3.63) is 28.6 Å². The Morgan fingerprint density at radius 1 is 1.29 bits per heavy atom. The van der Waals surface area contributed by atoms with E-state index in [9.17, 15) is 0 Å². The summed E-state index contributed by atoms with van der Waals surface area (Å²) in [5.41, 5.74) is 5.91. The highest BCUT2D eigenvalue weighted by atomic mass is 32.1. The zero-order valence-electron chi connectivity index (χ0n) is 10.1. The number of benzene rings is 1. The van der Waals surface area contributed by atoms with Gasteiger partial charge in [-0.3, -0.25) is 0 Å². The van der Waals surface area contributed by atoms with Crippen LogP contribution in [0.2, 0.25) is 0 Å². The van der Waals surface area contributed by atoms with Crippen molar-refractivity contribution in [1.29, 1.82) is 0 Å². The van der Waals surface area contributed by atoms with Gasteiger partial charge < -0.3 is 10.2 Å². The van der Waals surface area contributed by atoms with Crippen LogP contribution in [0.5, 0.6) is 5.75 Å². The summed E-state index contributed by atoms with van der Waals surface area (Å²) in [5.74, 6) is 6.92. The van der Waals surface area contributed by atoms with E-state index in [1.807, 2.05) is 25.3 Å². The molecule has 0 bridgehead atoms. The second-order valence-electron chi connectivity index (χ2n) is 3.82. The van der Waals surface area contributed by atoms with E-state index in [-0.39, 0.29) is 0 Å². The van der Waals surface area contributed by atoms with Gasteiger partial charge in [-0.2, -0.15) is 0 Å². The van der Waals surface area contributed by atoms with Gasteiger partial charge in [0.1, 0.15) is 10.8 Å². The SMILES string of the molecule is COc1cc(C)c(-c2nc(NN)cs2)cc1C. The molecule has 0 unspecified atom stereocenters. The van der Waals surface area contributed by atoms with E-state index < -0.39 is 0 Å². The van der Waals surface area contributed by atoms with Gasteiger partial charge in [0.25, 0.3) is 0 Å². The molecule has 0 fully saturated rings. The van der Waals surface area contributed by atoms with Crippen LogP contribution >= 0.6 is 11.3 Å². The molecule has 0 atom stereocenters. The fourth-order valence-electron chi connectivity index (χ4n) is 1.70. The zero-order valence-corrected chi connectivity index (χ0v) is 10.9. The van der Waals surface area contributed by atoms with Gasteiger partial charge in [0, 0.05) is 10.9 Å². The van der Waals surface area contributed by atoms with E-state index in [1.165, 1.54) is 0 Å². The first kappa shape index (κ1) is 11.9. The topological polar surface area (TPSA) is 60.2 Å². The number of aryl methyl sites for hydroxylation is 2. The number of anilines is 1. The lowest BCUT2D eigenvalue weighted by atomic mass is 10.1. The monoisotopic (exact) mass is 249 g/mol. The fraction of sp³-hybridized carbons (Fsp3) is 0.250. The summed E-state index contributed by atoms with van der Waals surface area (Å²) in [6.45, 7) is 4.08. The average Bonchev–Trinajstić information content (AvgIpc) is 2.80. The fourth-order valence-corrected chi connectivity index (χ4v) is 2.55. The number of thiazole rings is 1. The van der Waals surface area contributed by atoms with E-state index >= 15 is 0 Å². The smallest absolute Gasteiger partial charge is 0.151 e. The molecule has 0 amide bonds. The number of methoxy groups -OCH3 is 1. The van der Waals surface area contributed by atoms with Crippen molar-refractivity contribution in [2.24, 2.45) is 5.84 Å². The van der Waals surface area contributed by atoms with E-state index in [1.54, 1.807) is 18.4 Å². The molecular weight excluding hydrogens is 234 g/mol. The number of nitrogens with two attached hydrogens (primary N) is 1. The number of ether oxygens (including phenoxy) is 1. The third-order valence-electron chi connectivity index (χ3n) is 2.62. The molecule has 0 saturated carbocycles. The standard InChI is InChI=1S/C12H15N3OS/c1-7-5-10(16-3)8(2)4-9(7)12-14-11(15-13)6-17-12/h4-6,15H,13H2,1-3H3. The second-order valence-corrected chi connectivity index (χ2v) is 4.68. The van der Waals surface area contributed by atoms with Gasteiger partial charge >= 0.3 is 0 Å². The van der Waals surface area contributed by atoms with Gasteiger partial charge in [0.15, 0.2) is 5.82 Å². The van der Waals surface area contributed by atoms with Gasteiger partial charge in [0.05, 0.1) is 7.11 Å². The van der Waals surface area contributed by atoms with Gasteiger partial charge in [0.2, 0.25) is 0 Å². The lowest BCUT2D eigenvalue weighted by Crippen LogP contribution is -2.06. The van der Waals surface area contributed by atoms with Crippen molar-refractivity contribution < 1.29 is 4.74 Å². The molecule has 1 aromatic heterocycles. The quantitative estimate of drug-likeness (QED) is 0.648. The maximum Gasteiger partial charge on any atom is 0.151 e. The second kappa shape index (κ2) is 4.73. The summed E-state index contributed by atoms with van der Waals surface area (Å²) in [7, 11) is 1.68. The first-order valence-electron chi connectivity index (χ1n) is 5.23. The van der Waals surface area contributed by atoms with Crippen molar-refractivity contribution in [2.75, 3.05) is 12.5 Å². The van der Waals surface area contributed by atoms with E-state index in [4.69, 9.17) is 10.6 Å². The van der Waals surface area contributed by atoms with Crippen LogP contribution in [0, 0.1) is 13.8 Å². The number of nitrogens with one attached hydrogen (secondary N) is 1. The lowest BCUT2D eigenvalue weighted by Gasteiger charge is -2.09. The van der Waals surface area contributed by atoms with Gasteiger partial charge in [-0.15, -0.1) is 11.3 Å². The minimum absolute atomic E-state index is 0.692. The number of hydrogen-bond acceptors (Lipinski definition) is 5. The molecule has 1 aromatic carbocycles. The summed E-state index contributed by atoms with van der Waals surface area (Å²) in [6.07, 6.45) is 0. The molecule has 1 heterocycles. The van der Waals surface area contributed by atoms with Crippen LogP contribution in [-0.2, 0) is 0 Å². The average molecular weight is 249 g/mol. The Hall–Kier alpha value is -1.59. The van der Waals surface area contributed by atoms with Crippen LogP contribution in [0.4, 0.5) is 5.82 Å². The predicted molar refractivity (Wildman–Crippen MR) is 71.4 cm³/mol. The highest BCUT2D eigenvalue weighted by Gasteiger charge is 2.10. The number of hydrazine groups is 1. The van der Waals surface area contributed by atoms with Gasteiger partial charge in [-0.05, 0) is 37.1 Å². The van der Waals surface area contributed by atoms with Gasteiger partial charge in [-0.1, -0.05) is 0 Å². The molecule has 90 valence electrons. The van der Waals surface area contributed by atoms with Crippen LogP contribution in [0.15, 0.2) is 17.5 Å². The Morgan fingerprint density at radius 3 is 2.65 bits per heavy atom. The first-order valence-corrected chi connectivity index (χ1v) is 6.11. The van der Waals surface area contributed by atoms with E-state index in [2.05, 4.69) is 16.5 Å². The van der Waals surface area contributed by atoms with Crippen LogP contribution in [0.25, 0.3) is 10.6 Å². The Balaban J connectivity index is 2.48. The maximum atomic E-state index is 5.33. The molecule has 4 nitrogen and oxygen atoms in total. The number of nitrogens with zero attached hydrogens (tertiary/aromatic N) is 1. The molecule has 0 saturated heterocycles. The Labute approximate surface area is 104 Å². The number of hydrogen-bond donors (Lipinski definition) is 2. The highest BCUT2D eigenvalue weighted by Crippen LogP contribution is 2.32. The van der Waals surface area contributed by atoms with E-state index in [0.29, 0.717) is 5.82 Å². The van der Waals surface area contributed by atoms with Gasteiger partial charge in [-0.25, -0.2) is 10.8 Å². The number of aromatic nitrogens is 1. The maximum absolute atomic E-state index is 5.33. The van der Waals surface area contributed by atoms with Crippen LogP contribution in [-0.4, -0.2) is 12.1 Å². The lowest BCUT2D eigenvalue weighted by molar-refractivity contribution is 0.411. The predicted octanol–water partition coefficient (Wildman–Crippen LogP) is 2.72. The number of rotatable bonds is 3. The van der Waals surface area contributed by atoms with Crippen molar-refractivity contribution in [2.45, 2.75) is 13.8 Å². The van der Waals surface area contributed by atoms with Crippen molar-refractivity contribution in [1.82, 2.24) is 4.98 Å². The third-order valence-corrected chi connectivity index (χ3v) is 3.50. The minimum atomic E-state index is 0.692. The molecule has 2 aromatic rings. The normalized spacial score (nSPS) is 10.4. The summed E-state index contributed by atoms with van der Waals surface area (Å²) in [4.78, 5) is 4.40. The molecule has 0 radical (unpaired) electrons. The van der Waals surface area contributed by atoms with Crippen molar-refractivity contribution in [3.8, 4) is 16.3 Å². The first-order chi connectivity index (χ1) is 8.15. The molecule has 17 heavy (non-hydrogen) atoms. The largest absolute Gasteiger partial charge is 0.496 e. The summed E-state index contributed by atoms with van der Waals surface area (Å²) in [5, 5.41) is 2.86. The third kappa shape index (κ3) is 2.25. The van der Waals surface area contributed by atoms with Crippen molar-refractivity contribution >= 4 is 17.2 Å². The van der Waals surface area contributed by atoms with Crippen LogP contribution in [0.1, 0.15) is 11.1 Å². The molecule has 2 rings (SSSR count). The molecule has 0 spiro atoms. The molecule has 0 aliphatic heterocycles. The molecule has 5 heteroatoms. The van der Waals surface area contributed by atoms with Crippen LogP contribution in [0.3, 0.4) is 0 Å². The van der Waals surface area contributed by atoms with Crippen molar-refractivity contribution in [3.63, 3.8) is 0 Å². The Kier molecular flexibility index (Phi) is 3.31. The molecule has 0 aliphatic rings. The Bertz CT molecular complexity index is 537. The molecule has 0 aliphatic carbocycles. The highest BCUT2D eigenvalue weighted by molar-refractivity contribution is 7.13. The van der Waals surface area contributed by atoms with E-state index in [0.717, 1.165) is 27.4 Å². The summed E-state index contributed by atoms with van der Waals surface area (Å²) in [6, 6.07) is 4.12. The molecular formula is C12H15N3OS. The summed E-state index contributed by atoms with van der Waals surface area (Å²) >= 11 is 1.57. The Morgan fingerprint density at radius 2 is 2.06 bits per heavy atom. The minimum Gasteiger partial charge on any atom is -0.496 e. The number of nitrogen functional groups attached to an aromatic ring is 1. The molecule has 3 N–H and O–H groups in total.